The van der Waals surface area contributed by atoms with Crippen LogP contribution in [-0.2, 0) is 22.7 Å². The lowest BCUT2D eigenvalue weighted by molar-refractivity contribution is 0.251. The van der Waals surface area contributed by atoms with Crippen molar-refractivity contribution in [2.75, 3.05) is 11.1 Å². The Hall–Kier alpha value is -1.82. The van der Waals surface area contributed by atoms with Gasteiger partial charge in [-0.1, -0.05) is 12.1 Å². The number of amides is 2. The molecule has 1 aliphatic carbocycles. The minimum atomic E-state index is -3.15. The van der Waals surface area contributed by atoms with Crippen molar-refractivity contribution in [1.82, 2.24) is 5.32 Å². The minimum absolute atomic E-state index is 0.0622. The van der Waals surface area contributed by atoms with E-state index in [0.29, 0.717) is 0 Å². The zero-order valence-corrected chi connectivity index (χ0v) is 12.4. The van der Waals surface area contributed by atoms with Crippen LogP contribution in [0.15, 0.2) is 29.7 Å². The van der Waals surface area contributed by atoms with Crippen molar-refractivity contribution in [1.29, 1.82) is 0 Å². The molecule has 2 amide bonds. The van der Waals surface area contributed by atoms with Gasteiger partial charge in [0, 0.05) is 11.1 Å². The highest BCUT2D eigenvalue weighted by Crippen LogP contribution is 2.27. The summed E-state index contributed by atoms with van der Waals surface area (Å²) in [6, 6.07) is 5.13. The van der Waals surface area contributed by atoms with Crippen LogP contribution >= 0.6 is 0 Å². The van der Waals surface area contributed by atoms with Crippen molar-refractivity contribution in [3.8, 4) is 0 Å². The lowest BCUT2D eigenvalue weighted by Crippen LogP contribution is -2.38. The first-order valence-electron chi connectivity index (χ1n) is 7.13. The largest absolute Gasteiger partial charge is 0.331 e. The second-order valence-electron chi connectivity index (χ2n) is 5.51. The van der Waals surface area contributed by atoms with Gasteiger partial charge in [0.25, 0.3) is 0 Å². The fourth-order valence-corrected chi connectivity index (χ4v) is 4.13. The topological polar surface area (TPSA) is 75.3 Å². The van der Waals surface area contributed by atoms with E-state index in [-0.39, 0.29) is 11.8 Å². The second-order valence-corrected chi connectivity index (χ2v) is 7.44. The fraction of sp³-hybridized carbons (Fsp3) is 0.400. The first-order chi connectivity index (χ1) is 10.0. The smallest absolute Gasteiger partial charge is 0.319 e. The second kappa shape index (κ2) is 5.52. The van der Waals surface area contributed by atoms with Crippen molar-refractivity contribution >= 4 is 21.6 Å². The molecule has 1 atom stereocenters. The SMILES string of the molecule is O=C(Nc1cccc2c1CCCC2)N[C@H]1C=CS(=O)(=O)C1. The summed E-state index contributed by atoms with van der Waals surface area (Å²) in [5.74, 6) is -0.0622. The molecule has 5 nitrogen and oxygen atoms in total. The molecule has 112 valence electrons. The summed E-state index contributed by atoms with van der Waals surface area (Å²) in [5.41, 5.74) is 3.32. The van der Waals surface area contributed by atoms with Gasteiger partial charge in [-0.25, -0.2) is 13.2 Å². The summed E-state index contributed by atoms with van der Waals surface area (Å²) in [4.78, 5) is 12.0. The minimum Gasteiger partial charge on any atom is -0.331 e. The van der Waals surface area contributed by atoms with Crippen molar-refractivity contribution in [2.24, 2.45) is 0 Å². The van der Waals surface area contributed by atoms with Crippen LogP contribution in [0.25, 0.3) is 0 Å². The van der Waals surface area contributed by atoms with Crippen molar-refractivity contribution in [3.05, 3.63) is 40.8 Å². The molecular weight excluding hydrogens is 288 g/mol. The van der Waals surface area contributed by atoms with Crippen molar-refractivity contribution < 1.29 is 13.2 Å². The summed E-state index contributed by atoms with van der Waals surface area (Å²) in [6.07, 6.45) is 5.86. The summed E-state index contributed by atoms with van der Waals surface area (Å²) >= 11 is 0. The summed E-state index contributed by atoms with van der Waals surface area (Å²) in [7, 11) is -3.15. The Morgan fingerprint density at radius 3 is 2.76 bits per heavy atom. The van der Waals surface area contributed by atoms with E-state index in [1.807, 2.05) is 12.1 Å². The number of fused-ring (bicyclic) bond motifs is 1. The van der Waals surface area contributed by atoms with Crippen LogP contribution in [0.4, 0.5) is 10.5 Å². The van der Waals surface area contributed by atoms with Gasteiger partial charge >= 0.3 is 6.03 Å². The normalized spacial score (nSPS) is 22.6. The molecule has 0 bridgehead atoms. The molecule has 0 radical (unpaired) electrons. The average molecular weight is 306 g/mol. The van der Waals surface area contributed by atoms with Crippen molar-refractivity contribution in [3.63, 3.8) is 0 Å². The number of aryl methyl sites for hydroxylation is 1. The third-order valence-electron chi connectivity index (χ3n) is 3.89. The fourth-order valence-electron chi connectivity index (χ4n) is 2.89. The predicted octanol–water partition coefficient (Wildman–Crippen LogP) is 2.00. The van der Waals surface area contributed by atoms with E-state index in [0.717, 1.165) is 30.4 Å². The number of urea groups is 1. The molecule has 0 fully saturated rings. The first kappa shape index (κ1) is 14.1. The van der Waals surface area contributed by atoms with Gasteiger partial charge in [0.15, 0.2) is 9.84 Å². The quantitative estimate of drug-likeness (QED) is 0.877. The molecule has 2 aliphatic rings. The number of anilines is 1. The van der Waals surface area contributed by atoms with Crippen LogP contribution < -0.4 is 10.6 Å². The molecule has 2 N–H and O–H groups in total. The molecule has 21 heavy (non-hydrogen) atoms. The zero-order chi connectivity index (χ0) is 14.9. The van der Waals surface area contributed by atoms with E-state index in [4.69, 9.17) is 0 Å². The van der Waals surface area contributed by atoms with Gasteiger partial charge in [0.1, 0.15) is 0 Å². The molecule has 1 aliphatic heterocycles. The molecule has 3 rings (SSSR count). The van der Waals surface area contributed by atoms with Crippen LogP contribution in [0.5, 0.6) is 0 Å². The number of benzene rings is 1. The van der Waals surface area contributed by atoms with Crippen molar-refractivity contribution in [2.45, 2.75) is 31.7 Å². The Labute approximate surface area is 124 Å². The highest BCUT2D eigenvalue weighted by Gasteiger charge is 2.23. The third-order valence-corrected chi connectivity index (χ3v) is 5.29. The average Bonchev–Trinajstić information content (AvgIpc) is 2.78. The maximum atomic E-state index is 12.0. The van der Waals surface area contributed by atoms with E-state index in [1.54, 1.807) is 0 Å². The number of carbonyl (C=O) groups is 1. The van der Waals surface area contributed by atoms with Gasteiger partial charge < -0.3 is 10.6 Å². The Morgan fingerprint density at radius 2 is 2.00 bits per heavy atom. The molecule has 0 spiro atoms. The number of sulfone groups is 1. The molecule has 0 unspecified atom stereocenters. The van der Waals surface area contributed by atoms with Gasteiger partial charge in [-0.2, -0.15) is 0 Å². The van der Waals surface area contributed by atoms with Gasteiger partial charge in [-0.05, 0) is 49.0 Å². The molecule has 0 saturated carbocycles. The van der Waals surface area contributed by atoms with Crippen LogP contribution in [0.1, 0.15) is 24.0 Å². The Kier molecular flexibility index (Phi) is 3.71. The van der Waals surface area contributed by atoms with E-state index < -0.39 is 15.9 Å². The number of carbonyl (C=O) groups excluding carboxylic acids is 1. The zero-order valence-electron chi connectivity index (χ0n) is 11.6. The van der Waals surface area contributed by atoms with Crippen LogP contribution in [0.3, 0.4) is 0 Å². The van der Waals surface area contributed by atoms with Gasteiger partial charge in [0.2, 0.25) is 0 Å². The van der Waals surface area contributed by atoms with Gasteiger partial charge in [0.05, 0.1) is 11.8 Å². The number of rotatable bonds is 2. The monoisotopic (exact) mass is 306 g/mol. The predicted molar refractivity (Wildman–Crippen MR) is 82.0 cm³/mol. The van der Waals surface area contributed by atoms with Gasteiger partial charge in [-0.3, -0.25) is 0 Å². The van der Waals surface area contributed by atoms with E-state index in [2.05, 4.69) is 16.7 Å². The molecule has 0 aromatic heterocycles. The maximum Gasteiger partial charge on any atom is 0.319 e. The summed E-state index contributed by atoms with van der Waals surface area (Å²) < 4.78 is 22.6. The lowest BCUT2D eigenvalue weighted by Gasteiger charge is -2.20. The first-order valence-corrected chi connectivity index (χ1v) is 8.84. The molecular formula is C15H18N2O3S. The molecule has 1 heterocycles. The standard InChI is InChI=1S/C15H18N2O3S/c18-15(16-12-8-9-21(19,20)10-12)17-14-7-3-5-11-4-1-2-6-13(11)14/h3,5,7-9,12H,1-2,4,6,10H2,(H2,16,17,18)/t12-/m0/s1. The van der Waals surface area contributed by atoms with Crippen LogP contribution in [0, 0.1) is 0 Å². The van der Waals surface area contributed by atoms with Gasteiger partial charge in [-0.15, -0.1) is 0 Å². The van der Waals surface area contributed by atoms with Crippen LogP contribution in [-0.4, -0.2) is 26.2 Å². The van der Waals surface area contributed by atoms with Crippen LogP contribution in [0.2, 0.25) is 0 Å². The molecule has 1 aromatic carbocycles. The van der Waals surface area contributed by atoms with E-state index in [1.165, 1.54) is 23.6 Å². The number of hydrogen-bond donors (Lipinski definition) is 2. The highest BCUT2D eigenvalue weighted by molar-refractivity contribution is 7.94. The van der Waals surface area contributed by atoms with E-state index >= 15 is 0 Å². The van der Waals surface area contributed by atoms with E-state index in [9.17, 15) is 13.2 Å². The third kappa shape index (κ3) is 3.26. The lowest BCUT2D eigenvalue weighted by atomic mass is 9.90. The Bertz CT molecular complexity index is 695. The summed E-state index contributed by atoms with van der Waals surface area (Å²) in [5, 5.41) is 6.67. The highest BCUT2D eigenvalue weighted by atomic mass is 32.2. The number of nitrogens with one attached hydrogen (secondary N) is 2. The Morgan fingerprint density at radius 1 is 1.19 bits per heavy atom. The number of hydrogen-bond acceptors (Lipinski definition) is 3. The summed E-state index contributed by atoms with van der Waals surface area (Å²) in [6.45, 7) is 0. The molecule has 6 heteroatoms. The Balaban J connectivity index is 1.67. The maximum absolute atomic E-state index is 12.0. The molecule has 1 aromatic rings. The molecule has 0 saturated heterocycles.